The highest BCUT2D eigenvalue weighted by molar-refractivity contribution is 6.33. The van der Waals surface area contributed by atoms with Crippen molar-refractivity contribution in [3.8, 4) is 0 Å². The van der Waals surface area contributed by atoms with Crippen molar-refractivity contribution in [3.05, 3.63) is 29.0 Å². The molecule has 0 fully saturated rings. The number of nitrogens with two attached hydrogens (primary N) is 1. The first-order valence-electron chi connectivity index (χ1n) is 5.70. The molecular formula is C13H18ClFN2O. The van der Waals surface area contributed by atoms with Crippen molar-refractivity contribution in [1.29, 1.82) is 0 Å². The molecule has 1 atom stereocenters. The minimum atomic E-state index is -0.440. The number of amides is 1. The predicted molar refractivity (Wildman–Crippen MR) is 72.1 cm³/mol. The number of hydrogen-bond acceptors (Lipinski definition) is 2. The summed E-state index contributed by atoms with van der Waals surface area (Å²) in [4.78, 5) is 11.8. The highest BCUT2D eigenvalue weighted by Gasteiger charge is 2.23. The largest absolute Gasteiger partial charge is 0.327 e. The predicted octanol–water partition coefficient (Wildman–Crippen LogP) is 3.18. The lowest BCUT2D eigenvalue weighted by molar-refractivity contribution is -0.117. The van der Waals surface area contributed by atoms with Crippen LogP contribution in [-0.4, -0.2) is 11.9 Å². The quantitative estimate of drug-likeness (QED) is 0.888. The Balaban J connectivity index is 2.65. The van der Waals surface area contributed by atoms with Crippen LogP contribution in [0.5, 0.6) is 0 Å². The van der Waals surface area contributed by atoms with Gasteiger partial charge in [0, 0.05) is 12.5 Å². The minimum Gasteiger partial charge on any atom is -0.327 e. The molecule has 0 bridgehead atoms. The number of benzene rings is 1. The van der Waals surface area contributed by atoms with Gasteiger partial charge in [-0.3, -0.25) is 4.79 Å². The van der Waals surface area contributed by atoms with E-state index in [2.05, 4.69) is 5.32 Å². The molecule has 0 aliphatic rings. The maximum absolute atomic E-state index is 12.8. The number of anilines is 1. The van der Waals surface area contributed by atoms with Crippen LogP contribution in [0.3, 0.4) is 0 Å². The van der Waals surface area contributed by atoms with E-state index in [1.165, 1.54) is 12.1 Å². The monoisotopic (exact) mass is 272 g/mol. The minimum absolute atomic E-state index is 0.149. The van der Waals surface area contributed by atoms with Gasteiger partial charge in [0.05, 0.1) is 10.7 Å². The summed E-state index contributed by atoms with van der Waals surface area (Å²) in [5, 5.41) is 2.80. The Morgan fingerprint density at radius 1 is 1.50 bits per heavy atom. The summed E-state index contributed by atoms with van der Waals surface area (Å²) in [6.45, 7) is 5.90. The highest BCUT2D eigenvalue weighted by atomic mass is 35.5. The number of hydrogen-bond donors (Lipinski definition) is 2. The first-order chi connectivity index (χ1) is 8.20. The molecule has 0 saturated carbocycles. The molecule has 1 aromatic carbocycles. The van der Waals surface area contributed by atoms with Crippen LogP contribution in [0.4, 0.5) is 10.1 Å². The molecule has 0 aliphatic heterocycles. The number of halogens is 2. The van der Waals surface area contributed by atoms with Gasteiger partial charge in [0.2, 0.25) is 5.91 Å². The molecule has 0 heterocycles. The lowest BCUT2D eigenvalue weighted by atomic mass is 9.85. The maximum Gasteiger partial charge on any atom is 0.225 e. The van der Waals surface area contributed by atoms with Gasteiger partial charge in [-0.25, -0.2) is 4.39 Å². The Kier molecular flexibility index (Phi) is 4.71. The van der Waals surface area contributed by atoms with Crippen LogP contribution in [-0.2, 0) is 4.79 Å². The van der Waals surface area contributed by atoms with E-state index in [9.17, 15) is 9.18 Å². The molecule has 100 valence electrons. The molecule has 0 aliphatic carbocycles. The summed E-state index contributed by atoms with van der Waals surface area (Å²) < 4.78 is 12.8. The molecule has 1 amide bonds. The Hall–Kier alpha value is -1.13. The maximum atomic E-state index is 12.8. The van der Waals surface area contributed by atoms with Crippen molar-refractivity contribution < 1.29 is 9.18 Å². The van der Waals surface area contributed by atoms with Gasteiger partial charge < -0.3 is 11.1 Å². The Bertz CT molecular complexity index is 443. The summed E-state index contributed by atoms with van der Waals surface area (Å²) in [5.41, 5.74) is 6.16. The second-order valence-electron chi connectivity index (χ2n) is 5.35. The van der Waals surface area contributed by atoms with Crippen molar-refractivity contribution in [3.63, 3.8) is 0 Å². The molecule has 1 unspecified atom stereocenters. The average Bonchev–Trinajstić information content (AvgIpc) is 2.20. The van der Waals surface area contributed by atoms with Crippen LogP contribution in [0.25, 0.3) is 0 Å². The van der Waals surface area contributed by atoms with E-state index in [1.807, 2.05) is 20.8 Å². The van der Waals surface area contributed by atoms with Crippen molar-refractivity contribution in [2.45, 2.75) is 33.2 Å². The van der Waals surface area contributed by atoms with Crippen LogP contribution < -0.4 is 11.1 Å². The molecule has 3 N–H and O–H groups in total. The molecule has 18 heavy (non-hydrogen) atoms. The topological polar surface area (TPSA) is 55.1 Å². The fourth-order valence-corrected chi connectivity index (χ4v) is 1.51. The van der Waals surface area contributed by atoms with Gasteiger partial charge in [0.15, 0.2) is 0 Å². The molecular weight excluding hydrogens is 255 g/mol. The van der Waals surface area contributed by atoms with Crippen molar-refractivity contribution >= 4 is 23.2 Å². The summed E-state index contributed by atoms with van der Waals surface area (Å²) in [6, 6.07) is 3.57. The Labute approximate surface area is 112 Å². The van der Waals surface area contributed by atoms with Crippen molar-refractivity contribution in [2.75, 3.05) is 5.32 Å². The molecule has 1 aromatic rings. The second-order valence-corrected chi connectivity index (χ2v) is 5.76. The fourth-order valence-electron chi connectivity index (χ4n) is 1.30. The van der Waals surface area contributed by atoms with Crippen LogP contribution in [0.1, 0.15) is 27.2 Å². The van der Waals surface area contributed by atoms with Crippen LogP contribution in [0.15, 0.2) is 18.2 Å². The van der Waals surface area contributed by atoms with Gasteiger partial charge in [-0.05, 0) is 23.6 Å². The van der Waals surface area contributed by atoms with E-state index in [4.69, 9.17) is 17.3 Å². The third kappa shape index (κ3) is 4.27. The van der Waals surface area contributed by atoms with Gasteiger partial charge in [0.25, 0.3) is 0 Å². The van der Waals surface area contributed by atoms with E-state index in [1.54, 1.807) is 0 Å². The summed E-state index contributed by atoms with van der Waals surface area (Å²) in [7, 11) is 0. The zero-order valence-electron chi connectivity index (χ0n) is 10.8. The van der Waals surface area contributed by atoms with Gasteiger partial charge in [-0.1, -0.05) is 32.4 Å². The van der Waals surface area contributed by atoms with E-state index in [-0.39, 0.29) is 28.8 Å². The number of rotatable bonds is 3. The Morgan fingerprint density at radius 2 is 2.11 bits per heavy atom. The molecule has 3 nitrogen and oxygen atoms in total. The molecule has 0 spiro atoms. The third-order valence-electron chi connectivity index (χ3n) is 2.72. The molecule has 0 saturated heterocycles. The molecule has 5 heteroatoms. The first-order valence-corrected chi connectivity index (χ1v) is 6.08. The van der Waals surface area contributed by atoms with Gasteiger partial charge in [0.1, 0.15) is 5.82 Å². The SMILES string of the molecule is CC(C)(C)C(N)CC(=O)Nc1ccc(F)cc1Cl. The molecule has 1 rings (SSSR count). The Morgan fingerprint density at radius 3 is 2.61 bits per heavy atom. The van der Waals surface area contributed by atoms with Crippen molar-refractivity contribution in [2.24, 2.45) is 11.1 Å². The van der Waals surface area contributed by atoms with Gasteiger partial charge in [-0.2, -0.15) is 0 Å². The lowest BCUT2D eigenvalue weighted by Gasteiger charge is -2.26. The number of carbonyl (C=O) groups excluding carboxylic acids is 1. The van der Waals surface area contributed by atoms with Gasteiger partial charge in [-0.15, -0.1) is 0 Å². The third-order valence-corrected chi connectivity index (χ3v) is 3.04. The van der Waals surface area contributed by atoms with Crippen LogP contribution >= 0.6 is 11.6 Å². The smallest absolute Gasteiger partial charge is 0.225 e. The van der Waals surface area contributed by atoms with E-state index in [0.717, 1.165) is 6.07 Å². The zero-order chi connectivity index (χ0) is 13.9. The lowest BCUT2D eigenvalue weighted by Crippen LogP contribution is -2.38. The van der Waals surface area contributed by atoms with Crippen LogP contribution in [0, 0.1) is 11.2 Å². The number of carbonyl (C=O) groups is 1. The fraction of sp³-hybridized carbons (Fsp3) is 0.462. The molecule has 0 radical (unpaired) electrons. The van der Waals surface area contributed by atoms with E-state index >= 15 is 0 Å². The van der Waals surface area contributed by atoms with Crippen LogP contribution in [0.2, 0.25) is 5.02 Å². The van der Waals surface area contributed by atoms with Crippen molar-refractivity contribution in [1.82, 2.24) is 0 Å². The second kappa shape index (κ2) is 5.67. The zero-order valence-corrected chi connectivity index (χ0v) is 11.5. The summed E-state index contributed by atoms with van der Waals surface area (Å²) >= 11 is 5.81. The standard InChI is InChI=1S/C13H18ClFN2O/c1-13(2,3)11(16)7-12(18)17-10-5-4-8(15)6-9(10)14/h4-6,11H,7,16H2,1-3H3,(H,17,18). The highest BCUT2D eigenvalue weighted by Crippen LogP contribution is 2.24. The van der Waals surface area contributed by atoms with E-state index < -0.39 is 5.82 Å². The normalized spacial score (nSPS) is 13.2. The summed E-state index contributed by atoms with van der Waals surface area (Å²) in [5.74, 6) is -0.671. The molecule has 0 aromatic heterocycles. The number of nitrogens with one attached hydrogen (secondary N) is 1. The van der Waals surface area contributed by atoms with Gasteiger partial charge >= 0.3 is 0 Å². The van der Waals surface area contributed by atoms with E-state index in [0.29, 0.717) is 5.69 Å². The first kappa shape index (κ1) is 14.9. The average molecular weight is 273 g/mol. The summed E-state index contributed by atoms with van der Waals surface area (Å²) in [6.07, 6.45) is 0.192.